The lowest BCUT2D eigenvalue weighted by Crippen LogP contribution is -2.50. The molecular formula is C34H46N6O5. The van der Waals surface area contributed by atoms with Crippen molar-refractivity contribution in [3.05, 3.63) is 72.0 Å². The third kappa shape index (κ3) is 10.4. The summed E-state index contributed by atoms with van der Waals surface area (Å²) in [5.41, 5.74) is 2.03. The fourth-order valence-corrected chi connectivity index (χ4v) is 5.03. The fraction of sp³-hybridized carbons (Fsp3) is 0.441. The van der Waals surface area contributed by atoms with Crippen molar-refractivity contribution in [2.75, 3.05) is 79.4 Å². The van der Waals surface area contributed by atoms with Crippen LogP contribution in [0.2, 0.25) is 0 Å². The summed E-state index contributed by atoms with van der Waals surface area (Å²) in [5, 5.41) is 9.10. The number of piperazine rings is 1. The molecule has 1 fully saturated rings. The number of rotatable bonds is 15. The second-order valence-corrected chi connectivity index (χ2v) is 11.8. The van der Waals surface area contributed by atoms with Crippen molar-refractivity contribution in [1.82, 2.24) is 25.3 Å². The predicted molar refractivity (Wildman–Crippen MR) is 175 cm³/mol. The molecule has 4 rings (SSSR count). The van der Waals surface area contributed by atoms with E-state index in [9.17, 15) is 14.4 Å². The lowest BCUT2D eigenvalue weighted by atomic mass is 10.0. The number of furan rings is 1. The molecule has 45 heavy (non-hydrogen) atoms. The topological polar surface area (TPSA) is 119 Å². The smallest absolute Gasteiger partial charge is 0.287 e. The zero-order valence-electron chi connectivity index (χ0n) is 26.8. The molecular weight excluding hydrogens is 572 g/mol. The van der Waals surface area contributed by atoms with Crippen LogP contribution in [-0.2, 0) is 9.59 Å². The predicted octanol–water partition coefficient (Wildman–Crippen LogP) is 3.46. The Morgan fingerprint density at radius 3 is 2.36 bits per heavy atom. The van der Waals surface area contributed by atoms with Crippen LogP contribution in [0.25, 0.3) is 11.3 Å². The van der Waals surface area contributed by atoms with Crippen molar-refractivity contribution < 1.29 is 23.5 Å². The third-order valence-corrected chi connectivity index (χ3v) is 7.45. The fourth-order valence-electron chi connectivity index (χ4n) is 5.03. The number of nitrogens with one attached hydrogen (secondary N) is 3. The molecule has 1 atom stereocenters. The molecule has 0 saturated carbocycles. The van der Waals surface area contributed by atoms with Crippen molar-refractivity contribution >= 4 is 23.4 Å². The van der Waals surface area contributed by atoms with Crippen molar-refractivity contribution in [3.8, 4) is 17.1 Å². The van der Waals surface area contributed by atoms with Gasteiger partial charge >= 0.3 is 0 Å². The molecule has 1 aromatic heterocycles. The van der Waals surface area contributed by atoms with Gasteiger partial charge in [0.05, 0.1) is 6.61 Å². The van der Waals surface area contributed by atoms with Crippen LogP contribution < -0.4 is 20.7 Å². The zero-order chi connectivity index (χ0) is 32.2. The average molecular weight is 619 g/mol. The quantitative estimate of drug-likeness (QED) is 0.222. The van der Waals surface area contributed by atoms with Crippen LogP contribution >= 0.6 is 0 Å². The molecule has 1 unspecified atom stereocenters. The van der Waals surface area contributed by atoms with Gasteiger partial charge in [-0.3, -0.25) is 14.4 Å². The molecule has 2 heterocycles. The largest absolute Gasteiger partial charge is 0.494 e. The molecule has 11 nitrogen and oxygen atoms in total. The van der Waals surface area contributed by atoms with Gasteiger partial charge in [-0.1, -0.05) is 24.3 Å². The Morgan fingerprint density at radius 2 is 1.64 bits per heavy atom. The molecule has 0 spiro atoms. The lowest BCUT2D eigenvalue weighted by Gasteiger charge is -2.31. The van der Waals surface area contributed by atoms with E-state index < -0.39 is 11.9 Å². The van der Waals surface area contributed by atoms with Crippen LogP contribution in [-0.4, -0.2) is 106 Å². The molecule has 3 aromatic rings. The van der Waals surface area contributed by atoms with E-state index in [1.54, 1.807) is 17.0 Å². The van der Waals surface area contributed by atoms with Gasteiger partial charge in [0, 0.05) is 50.4 Å². The Kier molecular flexibility index (Phi) is 12.6. The minimum absolute atomic E-state index is 0.0578. The number of carbonyl (C=O) groups is 3. The van der Waals surface area contributed by atoms with Crippen LogP contribution in [0, 0.1) is 0 Å². The van der Waals surface area contributed by atoms with E-state index in [1.807, 2.05) is 81.6 Å². The first-order valence-electron chi connectivity index (χ1n) is 15.5. The van der Waals surface area contributed by atoms with Crippen molar-refractivity contribution in [1.29, 1.82) is 0 Å². The highest BCUT2D eigenvalue weighted by molar-refractivity contribution is 5.96. The molecule has 0 aliphatic carbocycles. The maximum absolute atomic E-state index is 13.7. The lowest BCUT2D eigenvalue weighted by molar-refractivity contribution is -0.134. The Morgan fingerprint density at radius 1 is 0.933 bits per heavy atom. The summed E-state index contributed by atoms with van der Waals surface area (Å²) in [6, 6.07) is 17.0. The first kappa shape index (κ1) is 33.7. The average Bonchev–Trinajstić information content (AvgIpc) is 3.53. The Bertz CT molecular complexity index is 1400. The number of benzene rings is 2. The summed E-state index contributed by atoms with van der Waals surface area (Å²) in [6.07, 6.45) is 2.09. The van der Waals surface area contributed by atoms with E-state index in [1.165, 1.54) is 0 Å². The summed E-state index contributed by atoms with van der Waals surface area (Å²) >= 11 is 0. The number of hydrogen-bond acceptors (Lipinski definition) is 8. The van der Waals surface area contributed by atoms with E-state index in [0.717, 1.165) is 31.5 Å². The third-order valence-electron chi connectivity index (χ3n) is 7.45. The van der Waals surface area contributed by atoms with Crippen molar-refractivity contribution in [2.24, 2.45) is 0 Å². The van der Waals surface area contributed by atoms with E-state index in [-0.39, 0.29) is 17.6 Å². The van der Waals surface area contributed by atoms with Crippen LogP contribution in [0.1, 0.15) is 41.4 Å². The molecule has 1 aliphatic heterocycles. The molecule has 0 bridgehead atoms. The minimum atomic E-state index is -0.891. The van der Waals surface area contributed by atoms with Crippen molar-refractivity contribution in [3.63, 3.8) is 0 Å². The first-order chi connectivity index (χ1) is 21.7. The van der Waals surface area contributed by atoms with Crippen LogP contribution in [0.15, 0.2) is 65.1 Å². The maximum atomic E-state index is 13.7. The molecule has 0 radical (unpaired) electrons. The minimum Gasteiger partial charge on any atom is -0.494 e. The Hall–Kier alpha value is -4.19. The molecule has 3 N–H and O–H groups in total. The van der Waals surface area contributed by atoms with Gasteiger partial charge in [-0.2, -0.15) is 0 Å². The number of amides is 3. The second kappa shape index (κ2) is 16.8. The normalized spacial score (nSPS) is 14.0. The number of hydrogen-bond donors (Lipinski definition) is 3. The second-order valence-electron chi connectivity index (χ2n) is 11.8. The number of ether oxygens (including phenoxy) is 1. The SMILES string of the molecule is CN(C)CCCOc1ccc(C(NC(=O)c2ccc(-c3cccc(NC(=O)CCCN(C)C)c3)o2)C(=O)N2CCNCC2)cc1. The van der Waals surface area contributed by atoms with Gasteiger partial charge in [-0.25, -0.2) is 0 Å². The van der Waals surface area contributed by atoms with Gasteiger partial charge in [0.1, 0.15) is 17.6 Å². The summed E-state index contributed by atoms with van der Waals surface area (Å²) in [6.45, 7) is 4.87. The standard InChI is InChI=1S/C34H46N6O5/c1-38(2)19-6-10-31(41)36-27-9-5-8-26(24-27)29-15-16-30(45-29)33(42)37-32(34(43)40-21-17-35-18-22-40)25-11-13-28(14-12-25)44-23-7-20-39(3)4/h5,8-9,11-16,24,32,35H,6-7,10,17-23H2,1-4H3,(H,36,41)(H,37,42). The highest BCUT2D eigenvalue weighted by Gasteiger charge is 2.29. The van der Waals surface area contributed by atoms with Crippen LogP contribution in [0.4, 0.5) is 5.69 Å². The summed E-state index contributed by atoms with van der Waals surface area (Å²) in [7, 11) is 8.00. The van der Waals surface area contributed by atoms with Gasteiger partial charge in [0.25, 0.3) is 5.91 Å². The van der Waals surface area contributed by atoms with Gasteiger partial charge in [0.2, 0.25) is 11.8 Å². The highest BCUT2D eigenvalue weighted by atomic mass is 16.5. The first-order valence-corrected chi connectivity index (χ1v) is 15.5. The summed E-state index contributed by atoms with van der Waals surface area (Å²) in [5.74, 6) is 0.540. The van der Waals surface area contributed by atoms with Gasteiger partial charge < -0.3 is 39.8 Å². The number of anilines is 1. The molecule has 1 saturated heterocycles. The molecule has 2 aromatic carbocycles. The Labute approximate surface area is 265 Å². The molecule has 11 heteroatoms. The summed E-state index contributed by atoms with van der Waals surface area (Å²) < 4.78 is 11.8. The van der Waals surface area contributed by atoms with Gasteiger partial charge in [-0.15, -0.1) is 0 Å². The number of nitrogens with zero attached hydrogens (tertiary/aromatic N) is 3. The molecule has 1 aliphatic rings. The highest BCUT2D eigenvalue weighted by Crippen LogP contribution is 2.26. The van der Waals surface area contributed by atoms with E-state index in [0.29, 0.717) is 62.0 Å². The Balaban J connectivity index is 1.44. The van der Waals surface area contributed by atoms with E-state index >= 15 is 0 Å². The van der Waals surface area contributed by atoms with Crippen LogP contribution in [0.3, 0.4) is 0 Å². The molecule has 3 amide bonds. The van der Waals surface area contributed by atoms with Gasteiger partial charge in [-0.05, 0) is 89.5 Å². The number of carbonyl (C=O) groups excluding carboxylic acids is 3. The maximum Gasteiger partial charge on any atom is 0.287 e. The molecule has 242 valence electrons. The summed E-state index contributed by atoms with van der Waals surface area (Å²) in [4.78, 5) is 45.4. The van der Waals surface area contributed by atoms with Crippen molar-refractivity contribution in [2.45, 2.75) is 25.3 Å². The zero-order valence-corrected chi connectivity index (χ0v) is 26.8. The van der Waals surface area contributed by atoms with E-state index in [4.69, 9.17) is 9.15 Å². The van der Waals surface area contributed by atoms with Gasteiger partial charge in [0.15, 0.2) is 5.76 Å². The monoisotopic (exact) mass is 618 g/mol. The van der Waals surface area contributed by atoms with E-state index in [2.05, 4.69) is 20.9 Å². The van der Waals surface area contributed by atoms with Crippen LogP contribution in [0.5, 0.6) is 5.75 Å².